The first-order valence-corrected chi connectivity index (χ1v) is 8.58. The van der Waals surface area contributed by atoms with E-state index in [9.17, 15) is 9.18 Å². The zero-order valence-corrected chi connectivity index (χ0v) is 15.8. The van der Waals surface area contributed by atoms with Crippen LogP contribution in [0.5, 0.6) is 5.75 Å². The SMILES string of the molecule is Cl.O=C(NCC1CNC1)C(Oc1ccc(F)cc1Br)c1ccccc1. The van der Waals surface area contributed by atoms with Crippen molar-refractivity contribution in [2.24, 2.45) is 5.92 Å². The molecule has 2 N–H and O–H groups in total. The summed E-state index contributed by atoms with van der Waals surface area (Å²) >= 11 is 3.27. The Morgan fingerprint density at radius 3 is 2.60 bits per heavy atom. The first-order valence-electron chi connectivity index (χ1n) is 7.78. The first-order chi connectivity index (χ1) is 11.6. The van der Waals surface area contributed by atoms with Crippen molar-refractivity contribution in [3.63, 3.8) is 0 Å². The van der Waals surface area contributed by atoms with E-state index in [1.807, 2.05) is 30.3 Å². The third-order valence-electron chi connectivity index (χ3n) is 3.91. The van der Waals surface area contributed by atoms with Gasteiger partial charge in [-0.15, -0.1) is 12.4 Å². The van der Waals surface area contributed by atoms with Crippen LogP contribution >= 0.6 is 28.3 Å². The summed E-state index contributed by atoms with van der Waals surface area (Å²) in [6, 6.07) is 13.4. The van der Waals surface area contributed by atoms with E-state index in [0.717, 1.165) is 18.7 Å². The van der Waals surface area contributed by atoms with Crippen molar-refractivity contribution in [3.8, 4) is 5.75 Å². The van der Waals surface area contributed by atoms with Crippen LogP contribution in [0, 0.1) is 11.7 Å². The second kappa shape index (κ2) is 9.17. The standard InChI is InChI=1S/C18H18BrFN2O2.ClH/c19-15-8-14(20)6-7-16(15)24-17(13-4-2-1-3-5-13)18(23)22-11-12-9-21-10-12;/h1-8,12,17,21H,9-11H2,(H,22,23);1H. The Morgan fingerprint density at radius 1 is 1.28 bits per heavy atom. The van der Waals surface area contributed by atoms with E-state index >= 15 is 0 Å². The maximum Gasteiger partial charge on any atom is 0.265 e. The van der Waals surface area contributed by atoms with E-state index in [4.69, 9.17) is 4.74 Å². The summed E-state index contributed by atoms with van der Waals surface area (Å²) in [4.78, 5) is 12.6. The number of carbonyl (C=O) groups excluding carboxylic acids is 1. The van der Waals surface area contributed by atoms with Gasteiger partial charge in [0.2, 0.25) is 6.10 Å². The molecule has 1 unspecified atom stereocenters. The lowest BCUT2D eigenvalue weighted by atomic mass is 10.0. The number of ether oxygens (including phenoxy) is 1. The fraction of sp³-hybridized carbons (Fsp3) is 0.278. The van der Waals surface area contributed by atoms with Gasteiger partial charge in [0.25, 0.3) is 5.91 Å². The van der Waals surface area contributed by atoms with Crippen molar-refractivity contribution in [2.75, 3.05) is 19.6 Å². The van der Waals surface area contributed by atoms with Gasteiger partial charge in [-0.25, -0.2) is 4.39 Å². The van der Waals surface area contributed by atoms with Crippen LogP contribution in [0.4, 0.5) is 4.39 Å². The molecule has 1 amide bonds. The maximum absolute atomic E-state index is 13.3. The molecular formula is C18H19BrClFN2O2. The molecule has 0 aromatic heterocycles. The van der Waals surface area contributed by atoms with Gasteiger partial charge in [-0.1, -0.05) is 30.3 Å². The van der Waals surface area contributed by atoms with Crippen LogP contribution in [0.3, 0.4) is 0 Å². The molecule has 2 aromatic rings. The molecule has 0 aliphatic carbocycles. The van der Waals surface area contributed by atoms with Gasteiger partial charge < -0.3 is 15.4 Å². The minimum atomic E-state index is -0.791. The topological polar surface area (TPSA) is 50.4 Å². The van der Waals surface area contributed by atoms with Gasteiger partial charge in [0.15, 0.2) is 0 Å². The Bertz CT molecular complexity index is 713. The third kappa shape index (κ3) is 5.17. The second-order valence-corrected chi connectivity index (χ2v) is 6.61. The summed E-state index contributed by atoms with van der Waals surface area (Å²) in [5.74, 6) is 0.311. The third-order valence-corrected chi connectivity index (χ3v) is 4.53. The number of rotatable bonds is 6. The van der Waals surface area contributed by atoms with Crippen molar-refractivity contribution in [2.45, 2.75) is 6.10 Å². The molecule has 1 aliphatic rings. The van der Waals surface area contributed by atoms with Gasteiger partial charge in [0, 0.05) is 31.1 Å². The van der Waals surface area contributed by atoms with E-state index in [1.54, 1.807) is 0 Å². The van der Waals surface area contributed by atoms with E-state index in [1.165, 1.54) is 18.2 Å². The Kier molecular flexibility index (Phi) is 7.23. The minimum absolute atomic E-state index is 0. The fourth-order valence-corrected chi connectivity index (χ4v) is 2.87. The average Bonchev–Trinajstić information content (AvgIpc) is 2.53. The summed E-state index contributed by atoms with van der Waals surface area (Å²) < 4.78 is 19.6. The Hall–Kier alpha value is -1.63. The van der Waals surface area contributed by atoms with Crippen LogP contribution in [-0.4, -0.2) is 25.5 Å². The zero-order valence-electron chi connectivity index (χ0n) is 13.4. The van der Waals surface area contributed by atoms with Crippen molar-refractivity contribution in [1.82, 2.24) is 10.6 Å². The quantitative estimate of drug-likeness (QED) is 0.739. The number of carbonyl (C=O) groups is 1. The second-order valence-electron chi connectivity index (χ2n) is 5.75. The zero-order chi connectivity index (χ0) is 16.9. The summed E-state index contributed by atoms with van der Waals surface area (Å²) in [5, 5.41) is 6.12. The molecule has 0 saturated carbocycles. The van der Waals surface area contributed by atoms with Crippen molar-refractivity contribution in [3.05, 3.63) is 64.4 Å². The molecule has 2 aromatic carbocycles. The predicted molar refractivity (Wildman–Crippen MR) is 101 cm³/mol. The van der Waals surface area contributed by atoms with Crippen LogP contribution in [-0.2, 0) is 4.79 Å². The van der Waals surface area contributed by atoms with E-state index < -0.39 is 6.10 Å². The van der Waals surface area contributed by atoms with Gasteiger partial charge in [-0.05, 0) is 34.1 Å². The summed E-state index contributed by atoms with van der Waals surface area (Å²) in [6.07, 6.45) is -0.791. The molecular weight excluding hydrogens is 411 g/mol. The highest BCUT2D eigenvalue weighted by molar-refractivity contribution is 9.10. The number of halogens is 3. The highest BCUT2D eigenvalue weighted by Gasteiger charge is 2.25. The Balaban J connectivity index is 0.00000225. The highest BCUT2D eigenvalue weighted by atomic mass is 79.9. The van der Waals surface area contributed by atoms with Crippen molar-refractivity contribution >= 4 is 34.2 Å². The van der Waals surface area contributed by atoms with Crippen LogP contribution in [0.25, 0.3) is 0 Å². The maximum atomic E-state index is 13.3. The summed E-state index contributed by atoms with van der Waals surface area (Å²) in [6.45, 7) is 2.45. The predicted octanol–water partition coefficient (Wildman–Crippen LogP) is 3.47. The Labute approximate surface area is 160 Å². The fourth-order valence-electron chi connectivity index (χ4n) is 2.43. The highest BCUT2D eigenvalue weighted by Crippen LogP contribution is 2.30. The van der Waals surface area contributed by atoms with Crippen molar-refractivity contribution in [1.29, 1.82) is 0 Å². The summed E-state index contributed by atoms with van der Waals surface area (Å²) in [7, 11) is 0. The lowest BCUT2D eigenvalue weighted by Gasteiger charge is -2.28. The molecule has 4 nitrogen and oxygen atoms in total. The monoisotopic (exact) mass is 428 g/mol. The van der Waals surface area contributed by atoms with Gasteiger partial charge >= 0.3 is 0 Å². The molecule has 134 valence electrons. The van der Waals surface area contributed by atoms with Gasteiger partial charge in [0.05, 0.1) is 4.47 Å². The Morgan fingerprint density at radius 2 is 2.00 bits per heavy atom. The van der Waals surface area contributed by atoms with Gasteiger partial charge in [-0.2, -0.15) is 0 Å². The van der Waals surface area contributed by atoms with Gasteiger partial charge in [0.1, 0.15) is 11.6 Å². The van der Waals surface area contributed by atoms with E-state index in [0.29, 0.717) is 22.7 Å². The number of hydrogen-bond donors (Lipinski definition) is 2. The molecule has 1 aliphatic heterocycles. The molecule has 7 heteroatoms. The normalized spacial score (nSPS) is 14.8. The molecule has 1 fully saturated rings. The molecule has 0 radical (unpaired) electrons. The molecule has 3 rings (SSSR count). The molecule has 1 saturated heterocycles. The summed E-state index contributed by atoms with van der Waals surface area (Å²) in [5.41, 5.74) is 0.748. The minimum Gasteiger partial charge on any atom is -0.475 e. The average molecular weight is 430 g/mol. The lowest BCUT2D eigenvalue weighted by molar-refractivity contribution is -0.128. The number of nitrogens with one attached hydrogen (secondary N) is 2. The van der Waals surface area contributed by atoms with Gasteiger partial charge in [-0.3, -0.25) is 4.79 Å². The molecule has 1 heterocycles. The van der Waals surface area contributed by atoms with Crippen LogP contribution in [0.1, 0.15) is 11.7 Å². The van der Waals surface area contributed by atoms with Crippen LogP contribution in [0.2, 0.25) is 0 Å². The molecule has 1 atom stereocenters. The lowest BCUT2D eigenvalue weighted by Crippen LogP contribution is -2.49. The smallest absolute Gasteiger partial charge is 0.265 e. The van der Waals surface area contributed by atoms with E-state index in [-0.39, 0.29) is 24.1 Å². The van der Waals surface area contributed by atoms with Crippen LogP contribution < -0.4 is 15.4 Å². The number of benzene rings is 2. The van der Waals surface area contributed by atoms with Crippen molar-refractivity contribution < 1.29 is 13.9 Å². The largest absolute Gasteiger partial charge is 0.475 e. The first kappa shape index (κ1) is 19.7. The van der Waals surface area contributed by atoms with E-state index in [2.05, 4.69) is 26.6 Å². The number of amides is 1. The molecule has 0 spiro atoms. The van der Waals surface area contributed by atoms with Crippen LogP contribution in [0.15, 0.2) is 53.0 Å². The number of hydrogen-bond acceptors (Lipinski definition) is 3. The molecule has 25 heavy (non-hydrogen) atoms. The molecule has 0 bridgehead atoms.